The highest BCUT2D eigenvalue weighted by atomic mass is 127. The van der Waals surface area contributed by atoms with Crippen LogP contribution in [0.1, 0.15) is 25.7 Å². The minimum Gasteiger partial charge on any atom is -0.300 e. The number of alkyl halides is 1. The van der Waals surface area contributed by atoms with Crippen molar-refractivity contribution in [2.75, 3.05) is 0 Å². The van der Waals surface area contributed by atoms with E-state index in [9.17, 15) is 4.79 Å². The van der Waals surface area contributed by atoms with Gasteiger partial charge in [-0.2, -0.15) is 0 Å². The number of carbonyl (C=O) groups excluding carboxylic acids is 1. The second kappa shape index (κ2) is 2.80. The van der Waals surface area contributed by atoms with Crippen molar-refractivity contribution in [2.24, 2.45) is 0 Å². The minimum atomic E-state index is 0.456. The van der Waals surface area contributed by atoms with Crippen molar-refractivity contribution in [1.82, 2.24) is 0 Å². The normalized spacial score (nSPS) is 23.9. The first-order valence-corrected chi connectivity index (χ1v) is 4.19. The van der Waals surface area contributed by atoms with E-state index in [0.29, 0.717) is 5.78 Å². The fourth-order valence-corrected chi connectivity index (χ4v) is 1.53. The summed E-state index contributed by atoms with van der Waals surface area (Å²) in [6, 6.07) is 0. The average molecular weight is 224 g/mol. The lowest BCUT2D eigenvalue weighted by Crippen LogP contribution is -2.12. The zero-order chi connectivity index (χ0) is 5.98. The molecule has 46 valence electrons. The van der Waals surface area contributed by atoms with Crippen LogP contribution < -0.4 is 0 Å². The van der Waals surface area contributed by atoms with Gasteiger partial charge in [0, 0.05) is 16.8 Å². The van der Waals surface area contributed by atoms with Gasteiger partial charge >= 0.3 is 0 Å². The quantitative estimate of drug-likeness (QED) is 0.454. The summed E-state index contributed by atoms with van der Waals surface area (Å²) < 4.78 is 0.769. The van der Waals surface area contributed by atoms with Gasteiger partial charge in [0.1, 0.15) is 5.78 Å². The van der Waals surface area contributed by atoms with Crippen molar-refractivity contribution in [3.8, 4) is 0 Å². The van der Waals surface area contributed by atoms with E-state index in [2.05, 4.69) is 22.6 Å². The van der Waals surface area contributed by atoms with Gasteiger partial charge in [0.2, 0.25) is 0 Å². The molecule has 0 aliphatic heterocycles. The van der Waals surface area contributed by atoms with Crippen molar-refractivity contribution < 1.29 is 4.79 Å². The molecule has 0 heterocycles. The van der Waals surface area contributed by atoms with E-state index in [1.54, 1.807) is 0 Å². The molecule has 0 amide bonds. The summed E-state index contributed by atoms with van der Waals surface area (Å²) >= 11 is 2.41. The Kier molecular flexibility index (Phi) is 2.28. The Hall–Kier alpha value is 0.400. The van der Waals surface area contributed by atoms with Crippen LogP contribution in [0, 0.1) is 0 Å². The van der Waals surface area contributed by atoms with Gasteiger partial charge in [0.15, 0.2) is 0 Å². The standard InChI is InChI=1S/C6H9IO/c7-5-1-3-6(8)4-2-5/h5H,1-4H2. The second-order valence-corrected chi connectivity index (χ2v) is 3.97. The Morgan fingerprint density at radius 3 is 2.25 bits per heavy atom. The van der Waals surface area contributed by atoms with Crippen LogP contribution in [0.4, 0.5) is 0 Å². The maximum atomic E-state index is 10.6. The third kappa shape index (κ3) is 1.73. The van der Waals surface area contributed by atoms with Crippen LogP contribution in [-0.4, -0.2) is 9.71 Å². The van der Waals surface area contributed by atoms with Gasteiger partial charge in [0.25, 0.3) is 0 Å². The maximum Gasteiger partial charge on any atom is 0.132 e. The Labute approximate surface area is 63.0 Å². The molecule has 0 bridgehead atoms. The molecule has 0 aromatic carbocycles. The van der Waals surface area contributed by atoms with Crippen LogP contribution in [0.15, 0.2) is 0 Å². The number of rotatable bonds is 0. The molecule has 8 heavy (non-hydrogen) atoms. The third-order valence-corrected chi connectivity index (χ3v) is 2.72. The lowest BCUT2D eigenvalue weighted by molar-refractivity contribution is -0.120. The topological polar surface area (TPSA) is 17.1 Å². The highest BCUT2D eigenvalue weighted by Gasteiger charge is 2.14. The van der Waals surface area contributed by atoms with E-state index >= 15 is 0 Å². The van der Waals surface area contributed by atoms with Gasteiger partial charge in [-0.1, -0.05) is 22.6 Å². The van der Waals surface area contributed by atoms with Gasteiger partial charge in [-0.3, -0.25) is 4.79 Å². The number of hydrogen-bond donors (Lipinski definition) is 0. The molecule has 0 aromatic rings. The van der Waals surface area contributed by atoms with E-state index in [0.717, 1.165) is 29.6 Å². The summed E-state index contributed by atoms with van der Waals surface area (Å²) in [5, 5.41) is 0. The van der Waals surface area contributed by atoms with Crippen LogP contribution in [-0.2, 0) is 4.79 Å². The van der Waals surface area contributed by atoms with E-state index in [1.165, 1.54) is 0 Å². The van der Waals surface area contributed by atoms with Crippen molar-refractivity contribution >= 4 is 28.4 Å². The van der Waals surface area contributed by atoms with Gasteiger partial charge in [-0.15, -0.1) is 0 Å². The monoisotopic (exact) mass is 224 g/mol. The van der Waals surface area contributed by atoms with Crippen LogP contribution in [0.25, 0.3) is 0 Å². The molecule has 1 aliphatic rings. The van der Waals surface area contributed by atoms with E-state index in [4.69, 9.17) is 0 Å². The molecule has 0 aromatic heterocycles. The summed E-state index contributed by atoms with van der Waals surface area (Å²) in [7, 11) is 0. The largest absolute Gasteiger partial charge is 0.300 e. The average Bonchev–Trinajstić information content (AvgIpc) is 1.77. The van der Waals surface area contributed by atoms with Crippen LogP contribution in [0.5, 0.6) is 0 Å². The molecule has 1 aliphatic carbocycles. The highest BCUT2D eigenvalue weighted by Crippen LogP contribution is 2.21. The first kappa shape index (κ1) is 6.52. The summed E-state index contributed by atoms with van der Waals surface area (Å²) in [5.74, 6) is 0.456. The summed E-state index contributed by atoms with van der Waals surface area (Å²) in [4.78, 5) is 10.6. The summed E-state index contributed by atoms with van der Waals surface area (Å²) in [6.45, 7) is 0. The van der Waals surface area contributed by atoms with E-state index < -0.39 is 0 Å². The Morgan fingerprint density at radius 2 is 1.88 bits per heavy atom. The van der Waals surface area contributed by atoms with Gasteiger partial charge in [0.05, 0.1) is 0 Å². The molecule has 1 nitrogen and oxygen atoms in total. The summed E-state index contributed by atoms with van der Waals surface area (Å²) in [6.07, 6.45) is 3.88. The molecular formula is C6H9IO. The van der Waals surface area contributed by atoms with Crippen LogP contribution in [0.3, 0.4) is 0 Å². The smallest absolute Gasteiger partial charge is 0.132 e. The Bertz CT molecular complexity index is 90.7. The highest BCUT2D eigenvalue weighted by molar-refractivity contribution is 14.1. The molecule has 0 unspecified atom stereocenters. The molecule has 0 N–H and O–H groups in total. The zero-order valence-electron chi connectivity index (χ0n) is 4.69. The van der Waals surface area contributed by atoms with Crippen molar-refractivity contribution in [3.05, 3.63) is 0 Å². The van der Waals surface area contributed by atoms with Gasteiger partial charge < -0.3 is 0 Å². The van der Waals surface area contributed by atoms with Crippen LogP contribution in [0.2, 0.25) is 0 Å². The number of ketones is 1. The molecule has 0 saturated heterocycles. The third-order valence-electron chi connectivity index (χ3n) is 1.47. The fraction of sp³-hybridized carbons (Fsp3) is 0.833. The molecule has 0 spiro atoms. The number of halogens is 1. The predicted octanol–water partition coefficient (Wildman–Crippen LogP) is 1.93. The van der Waals surface area contributed by atoms with E-state index in [-0.39, 0.29) is 0 Å². The lowest BCUT2D eigenvalue weighted by atomic mass is 10.00. The number of Topliss-reactive ketones (excluding diaryl/α,β-unsaturated/α-hetero) is 1. The van der Waals surface area contributed by atoms with E-state index in [1.807, 2.05) is 0 Å². The molecule has 2 heteroatoms. The second-order valence-electron chi connectivity index (χ2n) is 2.21. The van der Waals surface area contributed by atoms with Crippen molar-refractivity contribution in [3.63, 3.8) is 0 Å². The van der Waals surface area contributed by atoms with Crippen LogP contribution >= 0.6 is 22.6 Å². The summed E-state index contributed by atoms with van der Waals surface area (Å²) in [5.41, 5.74) is 0. The first-order chi connectivity index (χ1) is 3.79. The first-order valence-electron chi connectivity index (χ1n) is 2.95. The Balaban J connectivity index is 2.29. The SMILES string of the molecule is O=C1CCC(I)CC1. The number of hydrogen-bond acceptors (Lipinski definition) is 1. The fourth-order valence-electron chi connectivity index (χ4n) is 0.905. The molecule has 1 rings (SSSR count). The van der Waals surface area contributed by atoms with Gasteiger partial charge in [-0.25, -0.2) is 0 Å². The predicted molar refractivity (Wildman–Crippen MR) is 41.3 cm³/mol. The van der Waals surface area contributed by atoms with Crippen molar-refractivity contribution in [2.45, 2.75) is 29.6 Å². The molecule has 0 radical (unpaired) electrons. The molecule has 1 fully saturated rings. The lowest BCUT2D eigenvalue weighted by Gasteiger charge is -2.13. The number of carbonyl (C=O) groups is 1. The zero-order valence-corrected chi connectivity index (χ0v) is 6.85. The maximum absolute atomic E-state index is 10.6. The minimum absolute atomic E-state index is 0.456. The Morgan fingerprint density at radius 1 is 1.38 bits per heavy atom. The molecular weight excluding hydrogens is 215 g/mol. The van der Waals surface area contributed by atoms with Crippen molar-refractivity contribution in [1.29, 1.82) is 0 Å². The molecule has 1 saturated carbocycles. The van der Waals surface area contributed by atoms with Gasteiger partial charge in [-0.05, 0) is 12.8 Å². The molecule has 0 atom stereocenters.